The number of imidazole rings is 1. The third kappa shape index (κ3) is 2.78. The monoisotopic (exact) mass is 349 g/mol. The molecule has 3 heterocycles. The number of hydrogen-bond donors (Lipinski definition) is 2. The number of halogens is 1. The average molecular weight is 349 g/mol. The van der Waals surface area contributed by atoms with E-state index >= 15 is 0 Å². The van der Waals surface area contributed by atoms with E-state index in [1.165, 1.54) is 6.07 Å². The predicted molar refractivity (Wildman–Crippen MR) is 97.0 cm³/mol. The zero-order valence-electron chi connectivity index (χ0n) is 14.0. The maximum Gasteiger partial charge on any atom is 0.178 e. The molecule has 0 fully saturated rings. The Morgan fingerprint density at radius 1 is 1.15 bits per heavy atom. The smallest absolute Gasteiger partial charge is 0.178 e. The van der Waals surface area contributed by atoms with Gasteiger partial charge in [0.1, 0.15) is 17.3 Å². The lowest BCUT2D eigenvalue weighted by Gasteiger charge is -2.05. The molecule has 0 aliphatic carbocycles. The van der Waals surface area contributed by atoms with Crippen molar-refractivity contribution >= 4 is 11.2 Å². The van der Waals surface area contributed by atoms with E-state index in [-0.39, 0.29) is 12.4 Å². The highest BCUT2D eigenvalue weighted by atomic mass is 19.1. The topological polar surface area (TPSA) is 89.7 Å². The first-order chi connectivity index (χ1) is 12.7. The number of aromatic nitrogens is 4. The van der Waals surface area contributed by atoms with Gasteiger partial charge in [-0.2, -0.15) is 0 Å². The van der Waals surface area contributed by atoms with Crippen LogP contribution in [0.5, 0.6) is 5.75 Å². The fraction of sp³-hybridized carbons (Fsp3) is 0.105. The number of fused-ring (bicyclic) bond motifs is 1. The van der Waals surface area contributed by atoms with Crippen LogP contribution in [0.4, 0.5) is 4.39 Å². The van der Waals surface area contributed by atoms with Gasteiger partial charge in [-0.05, 0) is 29.8 Å². The van der Waals surface area contributed by atoms with Gasteiger partial charge in [0.25, 0.3) is 0 Å². The van der Waals surface area contributed by atoms with Crippen LogP contribution in [0.1, 0.15) is 5.56 Å². The van der Waals surface area contributed by atoms with Crippen molar-refractivity contribution in [3.8, 4) is 28.4 Å². The van der Waals surface area contributed by atoms with E-state index in [1.54, 1.807) is 25.6 Å². The molecule has 26 heavy (non-hydrogen) atoms. The minimum atomic E-state index is -0.327. The van der Waals surface area contributed by atoms with Crippen LogP contribution < -0.4 is 10.5 Å². The maximum absolute atomic E-state index is 14.1. The summed E-state index contributed by atoms with van der Waals surface area (Å²) in [6.07, 6.45) is 3.27. The second kappa shape index (κ2) is 6.53. The minimum absolute atomic E-state index is 0.162. The summed E-state index contributed by atoms with van der Waals surface area (Å²) in [5.41, 5.74) is 9.48. The van der Waals surface area contributed by atoms with Gasteiger partial charge in [0.05, 0.1) is 18.8 Å². The van der Waals surface area contributed by atoms with Gasteiger partial charge >= 0.3 is 0 Å². The number of hydrogen-bond acceptors (Lipinski definition) is 5. The molecule has 0 saturated carbocycles. The van der Waals surface area contributed by atoms with Crippen molar-refractivity contribution in [2.24, 2.45) is 5.73 Å². The molecule has 3 aromatic heterocycles. The van der Waals surface area contributed by atoms with Crippen LogP contribution in [0.15, 0.2) is 48.8 Å². The van der Waals surface area contributed by atoms with Gasteiger partial charge in [-0.15, -0.1) is 0 Å². The standard InChI is InChI=1S/C19H16FN5O/c1-26-13-4-5-16(23-10-13)18-24-17-14(6-7-22-19(17)25-18)11-2-3-12(9-21)15(20)8-11/h2-8,10H,9,21H2,1H3,(H,22,24,25). The highest BCUT2D eigenvalue weighted by Crippen LogP contribution is 2.29. The number of benzene rings is 1. The molecule has 3 N–H and O–H groups in total. The second-order valence-corrected chi connectivity index (χ2v) is 5.74. The molecule has 4 rings (SSSR count). The van der Waals surface area contributed by atoms with Crippen molar-refractivity contribution in [1.29, 1.82) is 0 Å². The number of methoxy groups -OCH3 is 1. The lowest BCUT2D eigenvalue weighted by Crippen LogP contribution is -1.99. The number of H-pyrrole nitrogens is 1. The van der Waals surface area contributed by atoms with Crippen molar-refractivity contribution in [2.75, 3.05) is 7.11 Å². The minimum Gasteiger partial charge on any atom is -0.495 e. The Kier molecular flexibility index (Phi) is 4.06. The Balaban J connectivity index is 1.81. The van der Waals surface area contributed by atoms with Crippen molar-refractivity contribution in [2.45, 2.75) is 6.54 Å². The van der Waals surface area contributed by atoms with Crippen LogP contribution in [0.25, 0.3) is 33.8 Å². The van der Waals surface area contributed by atoms with E-state index in [0.29, 0.717) is 28.5 Å². The van der Waals surface area contributed by atoms with Gasteiger partial charge < -0.3 is 15.5 Å². The number of nitrogens with two attached hydrogens (primary N) is 1. The highest BCUT2D eigenvalue weighted by molar-refractivity contribution is 5.91. The van der Waals surface area contributed by atoms with E-state index in [4.69, 9.17) is 10.5 Å². The van der Waals surface area contributed by atoms with Crippen molar-refractivity contribution in [1.82, 2.24) is 19.9 Å². The van der Waals surface area contributed by atoms with Crippen molar-refractivity contribution in [3.05, 3.63) is 60.2 Å². The highest BCUT2D eigenvalue weighted by Gasteiger charge is 2.13. The number of rotatable bonds is 4. The summed E-state index contributed by atoms with van der Waals surface area (Å²) in [4.78, 5) is 16.4. The normalized spacial score (nSPS) is 11.0. The average Bonchev–Trinajstić information content (AvgIpc) is 3.12. The molecule has 0 radical (unpaired) electrons. The molecule has 4 aromatic rings. The van der Waals surface area contributed by atoms with Gasteiger partial charge in [-0.3, -0.25) is 0 Å². The zero-order valence-corrected chi connectivity index (χ0v) is 14.0. The molecule has 7 heteroatoms. The fourth-order valence-corrected chi connectivity index (χ4v) is 2.79. The molecule has 0 aliphatic rings. The Bertz CT molecular complexity index is 1080. The fourth-order valence-electron chi connectivity index (χ4n) is 2.79. The molecular formula is C19H16FN5O. The Morgan fingerprint density at radius 3 is 2.73 bits per heavy atom. The van der Waals surface area contributed by atoms with Gasteiger partial charge in [-0.25, -0.2) is 19.3 Å². The van der Waals surface area contributed by atoms with E-state index < -0.39 is 0 Å². The van der Waals surface area contributed by atoms with E-state index in [1.807, 2.05) is 24.3 Å². The first kappa shape index (κ1) is 16.2. The van der Waals surface area contributed by atoms with Gasteiger partial charge in [-0.1, -0.05) is 12.1 Å². The molecule has 6 nitrogen and oxygen atoms in total. The van der Waals surface area contributed by atoms with Crippen molar-refractivity contribution < 1.29 is 9.13 Å². The maximum atomic E-state index is 14.1. The second-order valence-electron chi connectivity index (χ2n) is 5.74. The van der Waals surface area contributed by atoms with Gasteiger partial charge in [0, 0.05) is 23.9 Å². The lowest BCUT2D eigenvalue weighted by atomic mass is 10.0. The van der Waals surface area contributed by atoms with Crippen molar-refractivity contribution in [3.63, 3.8) is 0 Å². The van der Waals surface area contributed by atoms with Crippen LogP contribution in [0, 0.1) is 5.82 Å². The third-order valence-corrected chi connectivity index (χ3v) is 4.19. The van der Waals surface area contributed by atoms with E-state index in [9.17, 15) is 4.39 Å². The van der Waals surface area contributed by atoms with Crippen LogP contribution in [0.2, 0.25) is 0 Å². The first-order valence-corrected chi connectivity index (χ1v) is 8.03. The molecule has 0 bridgehead atoms. The van der Waals surface area contributed by atoms with Crippen LogP contribution in [-0.4, -0.2) is 27.0 Å². The zero-order chi connectivity index (χ0) is 18.1. The first-order valence-electron chi connectivity index (χ1n) is 8.03. The largest absolute Gasteiger partial charge is 0.495 e. The Labute approximate surface area is 148 Å². The van der Waals surface area contributed by atoms with Gasteiger partial charge in [0.15, 0.2) is 11.5 Å². The van der Waals surface area contributed by atoms with E-state index in [0.717, 1.165) is 16.6 Å². The van der Waals surface area contributed by atoms with E-state index in [2.05, 4.69) is 19.9 Å². The quantitative estimate of drug-likeness (QED) is 0.590. The Hall–Kier alpha value is -3.32. The molecule has 1 aromatic carbocycles. The number of nitrogens with one attached hydrogen (secondary N) is 1. The summed E-state index contributed by atoms with van der Waals surface area (Å²) in [5.74, 6) is 0.923. The molecule has 0 unspecified atom stereocenters. The summed E-state index contributed by atoms with van der Waals surface area (Å²) in [5, 5.41) is 0. The SMILES string of the molecule is COc1ccc(-c2nc3nccc(-c4ccc(CN)c(F)c4)c3[nH]2)nc1. The molecule has 0 saturated heterocycles. The predicted octanol–water partition coefficient (Wildman–Crippen LogP) is 3.29. The third-order valence-electron chi connectivity index (χ3n) is 4.19. The molecule has 0 aliphatic heterocycles. The number of aromatic amines is 1. The van der Waals surface area contributed by atoms with Gasteiger partial charge in [0.2, 0.25) is 0 Å². The molecule has 0 amide bonds. The molecule has 0 atom stereocenters. The van der Waals surface area contributed by atoms with Crippen LogP contribution >= 0.6 is 0 Å². The molecule has 130 valence electrons. The summed E-state index contributed by atoms with van der Waals surface area (Å²) >= 11 is 0. The summed E-state index contributed by atoms with van der Waals surface area (Å²) in [7, 11) is 1.59. The molecular weight excluding hydrogens is 333 g/mol. The lowest BCUT2D eigenvalue weighted by molar-refractivity contribution is 0.413. The summed E-state index contributed by atoms with van der Waals surface area (Å²) in [6.45, 7) is 0.162. The summed E-state index contributed by atoms with van der Waals surface area (Å²) < 4.78 is 19.3. The number of pyridine rings is 2. The number of nitrogens with zero attached hydrogens (tertiary/aromatic N) is 3. The summed E-state index contributed by atoms with van der Waals surface area (Å²) in [6, 6.07) is 10.5. The number of ether oxygens (including phenoxy) is 1. The molecule has 0 spiro atoms. The Morgan fingerprint density at radius 2 is 2.04 bits per heavy atom. The van der Waals surface area contributed by atoms with Crippen LogP contribution in [0.3, 0.4) is 0 Å². The van der Waals surface area contributed by atoms with Crippen LogP contribution in [-0.2, 0) is 6.54 Å².